The van der Waals surface area contributed by atoms with Gasteiger partial charge in [-0.05, 0) is 100 Å². The van der Waals surface area contributed by atoms with E-state index in [0.717, 1.165) is 24.5 Å². The van der Waals surface area contributed by atoms with Crippen LogP contribution in [0, 0.1) is 17.3 Å². The van der Waals surface area contributed by atoms with E-state index in [0.29, 0.717) is 16.2 Å². The molecule has 1 heterocycles. The van der Waals surface area contributed by atoms with Gasteiger partial charge in [0.25, 0.3) is 16.8 Å². The van der Waals surface area contributed by atoms with E-state index in [-0.39, 0.29) is 29.5 Å². The van der Waals surface area contributed by atoms with Gasteiger partial charge in [-0.2, -0.15) is 0 Å². The van der Waals surface area contributed by atoms with E-state index < -0.39 is 4.92 Å². The van der Waals surface area contributed by atoms with E-state index >= 15 is 0 Å². The molecular formula is C20H16I2N2O5S. The monoisotopic (exact) mass is 650 g/mol. The average molecular weight is 650 g/mol. The minimum absolute atomic E-state index is 0.0196. The zero-order chi connectivity index (χ0) is 22.0. The van der Waals surface area contributed by atoms with E-state index in [1.165, 1.54) is 17.0 Å². The molecule has 0 spiro atoms. The smallest absolute Gasteiger partial charge is 0.293 e. The van der Waals surface area contributed by atoms with Gasteiger partial charge in [0, 0.05) is 18.2 Å². The first-order valence-corrected chi connectivity index (χ1v) is 11.8. The minimum Gasteiger partial charge on any atom is -0.487 e. The second kappa shape index (κ2) is 9.64. The van der Waals surface area contributed by atoms with Crippen molar-refractivity contribution in [2.45, 2.75) is 26.5 Å². The van der Waals surface area contributed by atoms with Gasteiger partial charge in [0.1, 0.15) is 12.4 Å². The fraction of sp³-hybridized carbons (Fsp3) is 0.200. The molecule has 0 saturated carbocycles. The molecule has 0 radical (unpaired) electrons. The molecule has 2 aromatic carbocycles. The Morgan fingerprint density at radius 2 is 1.87 bits per heavy atom. The van der Waals surface area contributed by atoms with Crippen LogP contribution >= 0.6 is 56.9 Å². The summed E-state index contributed by atoms with van der Waals surface area (Å²) in [5.41, 5.74) is 1.51. The van der Waals surface area contributed by atoms with Gasteiger partial charge in [-0.1, -0.05) is 12.1 Å². The lowest BCUT2D eigenvalue weighted by atomic mass is 10.2. The molecule has 0 aromatic heterocycles. The maximum Gasteiger partial charge on any atom is 0.293 e. The molecule has 1 saturated heterocycles. The first-order valence-electron chi connectivity index (χ1n) is 8.79. The van der Waals surface area contributed by atoms with Crippen LogP contribution in [0.2, 0.25) is 0 Å². The maximum absolute atomic E-state index is 12.5. The number of halogens is 2. The lowest BCUT2D eigenvalue weighted by Gasteiger charge is -2.16. The molecular weight excluding hydrogens is 634 g/mol. The molecule has 0 atom stereocenters. The van der Waals surface area contributed by atoms with Gasteiger partial charge in [0.05, 0.1) is 17.0 Å². The number of nitro benzene ring substituents is 1. The first kappa shape index (κ1) is 23.0. The van der Waals surface area contributed by atoms with Crippen LogP contribution in [0.4, 0.5) is 10.5 Å². The van der Waals surface area contributed by atoms with Crippen molar-refractivity contribution in [3.05, 3.63) is 69.7 Å². The van der Waals surface area contributed by atoms with E-state index in [4.69, 9.17) is 4.74 Å². The number of thioether (sulfide) groups is 1. The maximum atomic E-state index is 12.5. The summed E-state index contributed by atoms with van der Waals surface area (Å²) < 4.78 is 7.57. The van der Waals surface area contributed by atoms with Gasteiger partial charge < -0.3 is 4.74 Å². The number of carbonyl (C=O) groups is 2. The average Bonchev–Trinajstić information content (AvgIpc) is 2.94. The Labute approximate surface area is 204 Å². The number of non-ortho nitro benzene ring substituents is 1. The van der Waals surface area contributed by atoms with E-state index in [1.54, 1.807) is 32.1 Å². The molecule has 0 aliphatic carbocycles. The number of hydrogen-bond acceptors (Lipinski definition) is 6. The number of nitrogens with zero attached hydrogens (tertiary/aromatic N) is 2. The van der Waals surface area contributed by atoms with Crippen molar-refractivity contribution in [3.8, 4) is 5.75 Å². The Kier molecular flexibility index (Phi) is 7.39. The van der Waals surface area contributed by atoms with Crippen LogP contribution in [0.25, 0.3) is 6.08 Å². The number of nitro groups is 1. The zero-order valence-electron chi connectivity index (χ0n) is 15.9. The highest BCUT2D eigenvalue weighted by atomic mass is 127. The van der Waals surface area contributed by atoms with Gasteiger partial charge in [-0.25, -0.2) is 0 Å². The Morgan fingerprint density at radius 1 is 1.20 bits per heavy atom. The summed E-state index contributed by atoms with van der Waals surface area (Å²) in [5.74, 6) is 0.381. The second-order valence-electron chi connectivity index (χ2n) is 6.67. The van der Waals surface area contributed by atoms with E-state index in [1.807, 2.05) is 12.1 Å². The van der Waals surface area contributed by atoms with Gasteiger partial charge in [-0.3, -0.25) is 24.6 Å². The van der Waals surface area contributed by atoms with Gasteiger partial charge in [0.15, 0.2) is 0 Å². The van der Waals surface area contributed by atoms with Crippen molar-refractivity contribution in [2.75, 3.05) is 0 Å². The lowest BCUT2D eigenvalue weighted by molar-refractivity contribution is -0.384. The van der Waals surface area contributed by atoms with Crippen LogP contribution in [-0.2, 0) is 11.4 Å². The molecule has 3 rings (SSSR count). The Balaban J connectivity index is 1.79. The third kappa shape index (κ3) is 5.14. The van der Waals surface area contributed by atoms with E-state index in [9.17, 15) is 19.7 Å². The quantitative estimate of drug-likeness (QED) is 0.169. The van der Waals surface area contributed by atoms with Crippen molar-refractivity contribution in [3.63, 3.8) is 0 Å². The summed E-state index contributed by atoms with van der Waals surface area (Å²) >= 11 is 5.23. The highest BCUT2D eigenvalue weighted by Crippen LogP contribution is 2.35. The van der Waals surface area contributed by atoms with Crippen molar-refractivity contribution in [1.82, 2.24) is 4.90 Å². The Morgan fingerprint density at radius 3 is 2.43 bits per heavy atom. The van der Waals surface area contributed by atoms with Crippen LogP contribution in [0.1, 0.15) is 25.0 Å². The van der Waals surface area contributed by atoms with Gasteiger partial charge >= 0.3 is 0 Å². The number of imide groups is 1. The molecule has 0 bridgehead atoms. The first-order chi connectivity index (χ1) is 14.2. The molecule has 2 amide bonds. The third-order valence-electron chi connectivity index (χ3n) is 4.16. The SMILES string of the molecule is CC(C)N1C(=O)S/C(=C\c2cc(I)c(OCc3cccc([N+](=O)[O-])c3)c(I)c2)C1=O. The van der Waals surface area contributed by atoms with Crippen molar-refractivity contribution in [1.29, 1.82) is 0 Å². The molecule has 1 aliphatic rings. The molecule has 156 valence electrons. The Hall–Kier alpha value is -1.67. The van der Waals surface area contributed by atoms with E-state index in [2.05, 4.69) is 45.2 Å². The predicted molar refractivity (Wildman–Crippen MR) is 132 cm³/mol. The summed E-state index contributed by atoms with van der Waals surface area (Å²) in [4.78, 5) is 36.7. The van der Waals surface area contributed by atoms with Crippen molar-refractivity contribution in [2.24, 2.45) is 0 Å². The number of amides is 2. The molecule has 0 unspecified atom stereocenters. The highest BCUT2D eigenvalue weighted by molar-refractivity contribution is 14.1. The second-order valence-corrected chi connectivity index (χ2v) is 9.99. The number of hydrogen-bond donors (Lipinski definition) is 0. The van der Waals surface area contributed by atoms with Gasteiger partial charge in [0.2, 0.25) is 0 Å². The minimum atomic E-state index is -0.438. The third-order valence-corrected chi connectivity index (χ3v) is 6.65. The Bertz CT molecular complexity index is 1050. The molecule has 10 heteroatoms. The van der Waals surface area contributed by atoms with Crippen molar-refractivity contribution < 1.29 is 19.2 Å². The van der Waals surface area contributed by atoms with Crippen LogP contribution in [0.3, 0.4) is 0 Å². The fourth-order valence-electron chi connectivity index (χ4n) is 2.79. The molecule has 7 nitrogen and oxygen atoms in total. The lowest BCUT2D eigenvalue weighted by Crippen LogP contribution is -2.34. The summed E-state index contributed by atoms with van der Waals surface area (Å²) in [6.07, 6.45) is 1.71. The van der Waals surface area contributed by atoms with Crippen LogP contribution in [-0.4, -0.2) is 27.0 Å². The molecule has 1 fully saturated rings. The largest absolute Gasteiger partial charge is 0.487 e. The van der Waals surface area contributed by atoms with Crippen LogP contribution in [0.5, 0.6) is 5.75 Å². The summed E-state index contributed by atoms with van der Waals surface area (Å²) in [6.45, 7) is 3.80. The summed E-state index contributed by atoms with van der Waals surface area (Å²) in [6, 6.07) is 9.87. The zero-order valence-corrected chi connectivity index (χ0v) is 21.1. The predicted octanol–water partition coefficient (Wildman–Crippen LogP) is 5.83. The summed E-state index contributed by atoms with van der Waals surface area (Å²) in [5, 5.41) is 10.7. The number of rotatable bonds is 6. The summed E-state index contributed by atoms with van der Waals surface area (Å²) in [7, 11) is 0. The van der Waals surface area contributed by atoms with Gasteiger partial charge in [-0.15, -0.1) is 0 Å². The molecule has 30 heavy (non-hydrogen) atoms. The number of carbonyl (C=O) groups excluding carboxylic acids is 2. The molecule has 1 aliphatic heterocycles. The highest BCUT2D eigenvalue weighted by Gasteiger charge is 2.36. The normalized spacial score (nSPS) is 15.4. The van der Waals surface area contributed by atoms with Crippen LogP contribution < -0.4 is 4.74 Å². The van der Waals surface area contributed by atoms with Crippen LogP contribution in [0.15, 0.2) is 41.3 Å². The number of benzene rings is 2. The molecule has 0 N–H and O–H groups in total. The standard InChI is InChI=1S/C20H16I2N2O5S/c1-11(2)23-19(25)17(30-20(23)26)9-13-7-15(21)18(16(22)8-13)29-10-12-4-3-5-14(6-12)24(27)28/h3-9,11H,10H2,1-2H3/b17-9-. The van der Waals surface area contributed by atoms with Crippen molar-refractivity contribution >= 4 is 79.9 Å². The topological polar surface area (TPSA) is 89.8 Å². The fourth-order valence-corrected chi connectivity index (χ4v) is 5.88. The molecule has 2 aromatic rings. The number of ether oxygens (including phenoxy) is 1.